The highest BCUT2D eigenvalue weighted by Gasteiger charge is 2.10. The lowest BCUT2D eigenvalue weighted by molar-refractivity contribution is -0.137. The van der Waals surface area contributed by atoms with Crippen LogP contribution in [-0.2, 0) is 22.7 Å². The normalized spacial score (nSPS) is 10.0. The molecule has 112 valence electrons. The molecule has 0 fully saturated rings. The quantitative estimate of drug-likeness (QED) is 0.776. The van der Waals surface area contributed by atoms with Crippen LogP contribution in [0.25, 0.3) is 0 Å². The minimum Gasteiger partial charge on any atom is -0.361 e. The predicted octanol–water partition coefficient (Wildman–Crippen LogP) is 0.0437. The Balaban J connectivity index is 2.10. The summed E-state index contributed by atoms with van der Waals surface area (Å²) >= 11 is 0. The first-order valence-corrected chi connectivity index (χ1v) is 6.26. The van der Waals surface area contributed by atoms with Gasteiger partial charge in [-0.2, -0.15) is 5.26 Å². The molecule has 0 saturated heterocycles. The van der Waals surface area contributed by atoms with E-state index in [1.165, 1.54) is 24.7 Å². The molecule has 1 aromatic heterocycles. The van der Waals surface area contributed by atoms with E-state index >= 15 is 0 Å². The molecule has 0 saturated carbocycles. The Morgan fingerprint density at radius 3 is 2.86 bits per heavy atom. The third-order valence-electron chi connectivity index (χ3n) is 2.96. The van der Waals surface area contributed by atoms with Gasteiger partial charge >= 0.3 is 11.8 Å². The predicted molar refractivity (Wildman–Crippen MR) is 73.5 cm³/mol. The van der Waals surface area contributed by atoms with Crippen molar-refractivity contribution in [2.75, 3.05) is 0 Å². The summed E-state index contributed by atoms with van der Waals surface area (Å²) in [6, 6.07) is 6.05. The molecular formula is C14H12FN5O2. The lowest BCUT2D eigenvalue weighted by Crippen LogP contribution is -2.35. The Kier molecular flexibility index (Phi) is 4.48. The number of carbonyl (C=O) groups excluding carboxylic acids is 2. The van der Waals surface area contributed by atoms with Gasteiger partial charge in [-0.25, -0.2) is 9.37 Å². The SMILES string of the molecule is N#Cc1ccc(Cn2cncc2CNC(=O)C(N)=O)cc1F. The van der Waals surface area contributed by atoms with Gasteiger partial charge in [0, 0.05) is 12.7 Å². The highest BCUT2D eigenvalue weighted by Crippen LogP contribution is 2.12. The van der Waals surface area contributed by atoms with E-state index in [9.17, 15) is 14.0 Å². The zero-order chi connectivity index (χ0) is 16.1. The Morgan fingerprint density at radius 1 is 1.45 bits per heavy atom. The van der Waals surface area contributed by atoms with Gasteiger partial charge < -0.3 is 15.6 Å². The maximum Gasteiger partial charge on any atom is 0.309 e. The number of hydrogen-bond donors (Lipinski definition) is 2. The zero-order valence-corrected chi connectivity index (χ0v) is 11.4. The van der Waals surface area contributed by atoms with Crippen LogP contribution in [0.15, 0.2) is 30.7 Å². The minimum absolute atomic E-state index is 0.0247. The summed E-state index contributed by atoms with van der Waals surface area (Å²) in [6.07, 6.45) is 3.03. The molecule has 0 radical (unpaired) electrons. The van der Waals surface area contributed by atoms with Gasteiger partial charge in [0.15, 0.2) is 0 Å². The van der Waals surface area contributed by atoms with E-state index in [-0.39, 0.29) is 12.1 Å². The molecule has 2 aromatic rings. The average molecular weight is 301 g/mol. The van der Waals surface area contributed by atoms with Gasteiger partial charge in [-0.15, -0.1) is 0 Å². The monoisotopic (exact) mass is 301 g/mol. The first-order chi connectivity index (χ1) is 10.5. The van der Waals surface area contributed by atoms with Crippen molar-refractivity contribution >= 4 is 11.8 Å². The molecule has 2 rings (SSSR count). The van der Waals surface area contributed by atoms with Crippen molar-refractivity contribution in [2.24, 2.45) is 5.73 Å². The Hall–Kier alpha value is -3.21. The zero-order valence-electron chi connectivity index (χ0n) is 11.4. The summed E-state index contributed by atoms with van der Waals surface area (Å²) in [5.41, 5.74) is 6.08. The first-order valence-electron chi connectivity index (χ1n) is 6.26. The molecule has 0 bridgehead atoms. The molecule has 1 heterocycles. The fourth-order valence-corrected chi connectivity index (χ4v) is 1.84. The summed E-state index contributed by atoms with van der Waals surface area (Å²) in [6.45, 7) is 0.380. The fourth-order valence-electron chi connectivity index (χ4n) is 1.84. The van der Waals surface area contributed by atoms with Crippen LogP contribution in [0, 0.1) is 17.1 Å². The fraction of sp³-hybridized carbons (Fsp3) is 0.143. The molecule has 1 aromatic carbocycles. The number of carbonyl (C=O) groups is 2. The molecule has 7 nitrogen and oxygen atoms in total. The lowest BCUT2D eigenvalue weighted by Gasteiger charge is -2.09. The number of nitriles is 1. The second-order valence-corrected chi connectivity index (χ2v) is 4.49. The largest absolute Gasteiger partial charge is 0.361 e. The van der Waals surface area contributed by atoms with Gasteiger partial charge in [-0.05, 0) is 17.7 Å². The van der Waals surface area contributed by atoms with Gasteiger partial charge in [0.05, 0.1) is 24.1 Å². The van der Waals surface area contributed by atoms with E-state index in [1.807, 2.05) is 0 Å². The van der Waals surface area contributed by atoms with Crippen molar-refractivity contribution in [1.29, 1.82) is 5.26 Å². The van der Waals surface area contributed by atoms with E-state index in [1.54, 1.807) is 16.7 Å². The van der Waals surface area contributed by atoms with Crippen molar-refractivity contribution in [2.45, 2.75) is 13.1 Å². The Bertz CT molecular complexity index is 763. The van der Waals surface area contributed by atoms with Gasteiger partial charge in [0.1, 0.15) is 11.9 Å². The maximum atomic E-state index is 13.6. The van der Waals surface area contributed by atoms with E-state index in [4.69, 9.17) is 11.0 Å². The van der Waals surface area contributed by atoms with Crippen LogP contribution in [0.5, 0.6) is 0 Å². The second-order valence-electron chi connectivity index (χ2n) is 4.49. The topological polar surface area (TPSA) is 114 Å². The molecule has 0 aliphatic heterocycles. The van der Waals surface area contributed by atoms with Gasteiger partial charge in [-0.3, -0.25) is 9.59 Å². The maximum absolute atomic E-state index is 13.6. The number of nitrogens with one attached hydrogen (secondary N) is 1. The Morgan fingerprint density at radius 2 is 2.23 bits per heavy atom. The van der Waals surface area contributed by atoms with E-state index < -0.39 is 17.6 Å². The van der Waals surface area contributed by atoms with Crippen molar-refractivity contribution in [1.82, 2.24) is 14.9 Å². The van der Waals surface area contributed by atoms with E-state index in [0.29, 0.717) is 17.8 Å². The summed E-state index contributed by atoms with van der Waals surface area (Å²) < 4.78 is 15.2. The van der Waals surface area contributed by atoms with Gasteiger partial charge in [0.2, 0.25) is 0 Å². The van der Waals surface area contributed by atoms with Crippen LogP contribution in [0.4, 0.5) is 4.39 Å². The van der Waals surface area contributed by atoms with Crippen LogP contribution < -0.4 is 11.1 Å². The number of benzene rings is 1. The van der Waals surface area contributed by atoms with E-state index in [0.717, 1.165) is 0 Å². The number of halogens is 1. The minimum atomic E-state index is -1.07. The number of primary amides is 1. The molecule has 0 atom stereocenters. The molecule has 8 heteroatoms. The molecule has 0 aliphatic carbocycles. The number of hydrogen-bond acceptors (Lipinski definition) is 4. The number of rotatable bonds is 4. The first kappa shape index (κ1) is 15.2. The molecule has 0 spiro atoms. The standard InChI is InChI=1S/C14H12FN5O2/c15-12-3-9(1-2-10(12)4-16)7-20-8-18-5-11(20)6-19-14(22)13(17)21/h1-3,5,8H,6-7H2,(H2,17,21)(H,19,22). The van der Waals surface area contributed by atoms with Crippen LogP contribution in [0.3, 0.4) is 0 Å². The second kappa shape index (κ2) is 6.49. The van der Waals surface area contributed by atoms with Crippen molar-refractivity contribution in [3.8, 4) is 6.07 Å². The number of nitrogens with zero attached hydrogens (tertiary/aromatic N) is 3. The molecule has 0 unspecified atom stereocenters. The summed E-state index contributed by atoms with van der Waals surface area (Å²) in [4.78, 5) is 25.7. The molecular weight excluding hydrogens is 289 g/mol. The van der Waals surface area contributed by atoms with Crippen LogP contribution in [0.2, 0.25) is 0 Å². The third kappa shape index (κ3) is 3.46. The number of amides is 2. The van der Waals surface area contributed by atoms with Gasteiger partial charge in [0.25, 0.3) is 0 Å². The number of imidazole rings is 1. The lowest BCUT2D eigenvalue weighted by atomic mass is 10.1. The molecule has 3 N–H and O–H groups in total. The highest BCUT2D eigenvalue weighted by molar-refractivity contribution is 6.34. The van der Waals surface area contributed by atoms with Crippen molar-refractivity contribution in [3.05, 3.63) is 53.4 Å². The van der Waals surface area contributed by atoms with Crippen LogP contribution in [-0.4, -0.2) is 21.4 Å². The van der Waals surface area contributed by atoms with E-state index in [2.05, 4.69) is 10.3 Å². The average Bonchev–Trinajstić information content (AvgIpc) is 2.92. The van der Waals surface area contributed by atoms with Crippen molar-refractivity contribution in [3.63, 3.8) is 0 Å². The smallest absolute Gasteiger partial charge is 0.309 e. The summed E-state index contributed by atoms with van der Waals surface area (Å²) in [5, 5.41) is 11.0. The highest BCUT2D eigenvalue weighted by atomic mass is 19.1. The third-order valence-corrected chi connectivity index (χ3v) is 2.96. The summed E-state index contributed by atoms with van der Waals surface area (Å²) in [7, 11) is 0. The molecule has 2 amide bonds. The molecule has 0 aliphatic rings. The van der Waals surface area contributed by atoms with Gasteiger partial charge in [-0.1, -0.05) is 6.07 Å². The molecule has 22 heavy (non-hydrogen) atoms. The van der Waals surface area contributed by atoms with Crippen molar-refractivity contribution < 1.29 is 14.0 Å². The number of nitrogens with two attached hydrogens (primary N) is 1. The van der Waals surface area contributed by atoms with Crippen LogP contribution >= 0.6 is 0 Å². The Labute approximate surface area is 125 Å². The van der Waals surface area contributed by atoms with Crippen LogP contribution in [0.1, 0.15) is 16.8 Å². The summed E-state index contributed by atoms with van der Waals surface area (Å²) in [5.74, 6) is -2.55. The number of aromatic nitrogens is 2.